The fourth-order valence-electron chi connectivity index (χ4n) is 8.31. The van der Waals surface area contributed by atoms with E-state index in [9.17, 15) is 0 Å². The van der Waals surface area contributed by atoms with Gasteiger partial charge < -0.3 is 4.98 Å². The molecular weight excluding hydrogens is 671 g/mol. The van der Waals surface area contributed by atoms with E-state index in [1.807, 2.05) is 12.3 Å². The maximum Gasteiger partial charge on any atom is 0.147 e. The fourth-order valence-corrected chi connectivity index (χ4v) is 8.31. The Labute approximate surface area is 320 Å². The monoisotopic (exact) mass is 713 g/mol. The lowest BCUT2D eigenvalue weighted by molar-refractivity contribution is 0.568. The van der Waals surface area contributed by atoms with Crippen LogP contribution in [0.5, 0.6) is 0 Å². The van der Waals surface area contributed by atoms with Crippen molar-refractivity contribution in [2.45, 2.75) is 52.4 Å². The third-order valence-electron chi connectivity index (χ3n) is 11.2. The molecule has 4 heterocycles. The number of fused-ring (bicyclic) bond motifs is 7. The predicted molar refractivity (Wildman–Crippen MR) is 231 cm³/mol. The Hall–Kier alpha value is -6.46. The molecule has 6 aromatic carbocycles. The molecule has 4 aromatic heterocycles. The number of hydrogen-bond donors (Lipinski definition) is 1. The van der Waals surface area contributed by atoms with Gasteiger partial charge in [-0.2, -0.15) is 0 Å². The number of para-hydroxylation sites is 4. The molecule has 0 unspecified atom stereocenters. The zero-order valence-electron chi connectivity index (χ0n) is 32.1. The molecule has 10 aromatic rings. The lowest BCUT2D eigenvalue weighted by atomic mass is 9.80. The summed E-state index contributed by atoms with van der Waals surface area (Å²) in [5.74, 6) is 1.81. The number of nitrogens with zero attached hydrogens (tertiary/aromatic N) is 4. The Morgan fingerprint density at radius 2 is 1.16 bits per heavy atom. The van der Waals surface area contributed by atoms with Crippen molar-refractivity contribution in [3.63, 3.8) is 0 Å². The molecule has 55 heavy (non-hydrogen) atoms. The van der Waals surface area contributed by atoms with E-state index in [1.54, 1.807) is 0 Å². The van der Waals surface area contributed by atoms with Crippen LogP contribution in [0.4, 0.5) is 0 Å². The lowest BCUT2D eigenvalue weighted by Gasteiger charge is -2.27. The molecule has 0 aliphatic rings. The van der Waals surface area contributed by atoms with Gasteiger partial charge in [-0.05, 0) is 82.1 Å². The fraction of sp³-hybridized carbons (Fsp3) is 0.160. The van der Waals surface area contributed by atoms with Crippen LogP contribution in [0.25, 0.3) is 88.7 Å². The van der Waals surface area contributed by atoms with Crippen molar-refractivity contribution in [3.05, 3.63) is 157 Å². The van der Waals surface area contributed by atoms with Gasteiger partial charge in [-0.1, -0.05) is 126 Å². The van der Waals surface area contributed by atoms with Crippen LogP contribution in [0.3, 0.4) is 0 Å². The number of aromatic nitrogens is 5. The highest BCUT2D eigenvalue weighted by Gasteiger charge is 2.25. The molecule has 0 amide bonds. The van der Waals surface area contributed by atoms with E-state index in [0.29, 0.717) is 0 Å². The first-order valence-corrected chi connectivity index (χ1v) is 19.2. The molecule has 0 bridgehead atoms. The van der Waals surface area contributed by atoms with Crippen LogP contribution in [-0.4, -0.2) is 24.1 Å². The second-order valence-corrected chi connectivity index (χ2v) is 16.9. The van der Waals surface area contributed by atoms with Crippen molar-refractivity contribution < 1.29 is 0 Å². The SMILES string of the molecule is CC(C)(C)c1cc(-n2c(-c3cccc4c3[nH]c3ccccc34)nc3c(-c4ccc5c6ccccc6n(-c6ccccn6)c5c4)cccc32)cc(C(C)(C)C)c1. The van der Waals surface area contributed by atoms with Gasteiger partial charge in [0, 0.05) is 50.1 Å². The second kappa shape index (κ2) is 12.0. The number of imidazole rings is 1. The maximum atomic E-state index is 5.67. The van der Waals surface area contributed by atoms with Gasteiger partial charge in [0.15, 0.2) is 0 Å². The highest BCUT2D eigenvalue weighted by atomic mass is 15.1. The molecule has 268 valence electrons. The van der Waals surface area contributed by atoms with Gasteiger partial charge in [-0.25, -0.2) is 9.97 Å². The largest absolute Gasteiger partial charge is 0.354 e. The molecule has 0 saturated heterocycles. The van der Waals surface area contributed by atoms with Crippen LogP contribution in [0.15, 0.2) is 146 Å². The molecule has 0 aliphatic carbocycles. The number of rotatable bonds is 4. The molecular formula is C50H43N5. The van der Waals surface area contributed by atoms with Gasteiger partial charge in [0.2, 0.25) is 0 Å². The van der Waals surface area contributed by atoms with E-state index in [-0.39, 0.29) is 10.8 Å². The highest BCUT2D eigenvalue weighted by Crippen LogP contribution is 2.41. The summed E-state index contributed by atoms with van der Waals surface area (Å²) >= 11 is 0. The van der Waals surface area contributed by atoms with Gasteiger partial charge in [0.05, 0.1) is 27.6 Å². The molecule has 5 nitrogen and oxygen atoms in total. The summed E-state index contributed by atoms with van der Waals surface area (Å²) in [6, 6.07) is 50.4. The van der Waals surface area contributed by atoms with Gasteiger partial charge in [0.1, 0.15) is 11.6 Å². The second-order valence-electron chi connectivity index (χ2n) is 16.9. The first-order chi connectivity index (χ1) is 26.5. The number of nitrogens with one attached hydrogen (secondary N) is 1. The first kappa shape index (κ1) is 33.1. The summed E-state index contributed by atoms with van der Waals surface area (Å²) in [7, 11) is 0. The minimum atomic E-state index is -0.0452. The number of hydrogen-bond acceptors (Lipinski definition) is 2. The molecule has 1 N–H and O–H groups in total. The molecule has 0 radical (unpaired) electrons. The van der Waals surface area contributed by atoms with Crippen molar-refractivity contribution >= 4 is 54.6 Å². The van der Waals surface area contributed by atoms with Crippen LogP contribution in [0.1, 0.15) is 52.7 Å². The predicted octanol–water partition coefficient (Wildman–Crippen LogP) is 13.1. The van der Waals surface area contributed by atoms with Crippen molar-refractivity contribution in [2.24, 2.45) is 0 Å². The minimum absolute atomic E-state index is 0.0452. The van der Waals surface area contributed by atoms with Crippen LogP contribution in [-0.2, 0) is 10.8 Å². The lowest BCUT2D eigenvalue weighted by Crippen LogP contribution is -2.17. The Morgan fingerprint density at radius 1 is 0.509 bits per heavy atom. The Kier molecular flexibility index (Phi) is 7.24. The van der Waals surface area contributed by atoms with Crippen molar-refractivity contribution in [3.8, 4) is 34.0 Å². The highest BCUT2D eigenvalue weighted by molar-refractivity contribution is 6.13. The average molecular weight is 714 g/mol. The smallest absolute Gasteiger partial charge is 0.147 e. The standard InChI is InChI=1S/C50H43N5/c1-49(2,3)32-28-33(50(4,5)6)30-34(29-32)54-43-22-14-17-35(47(43)53-48(54)40-19-13-18-39-36-15-7-9-20-41(36)52-46(39)40)31-24-25-38-37-16-8-10-21-42(37)55(44(38)27-31)45-23-11-12-26-51-45/h7-30,52H,1-6H3. The number of benzene rings is 6. The molecule has 0 saturated carbocycles. The van der Waals surface area contributed by atoms with Gasteiger partial charge in [-0.15, -0.1) is 0 Å². The Balaban J connectivity index is 1.29. The zero-order chi connectivity index (χ0) is 37.6. The van der Waals surface area contributed by atoms with E-state index in [1.165, 1.54) is 32.7 Å². The third-order valence-corrected chi connectivity index (χ3v) is 11.2. The number of aromatic amines is 1. The van der Waals surface area contributed by atoms with E-state index < -0.39 is 0 Å². The van der Waals surface area contributed by atoms with E-state index in [0.717, 1.165) is 67.1 Å². The number of H-pyrrole nitrogens is 1. The Morgan fingerprint density at radius 3 is 1.93 bits per heavy atom. The van der Waals surface area contributed by atoms with Crippen LogP contribution in [0, 0.1) is 0 Å². The minimum Gasteiger partial charge on any atom is -0.354 e. The van der Waals surface area contributed by atoms with Gasteiger partial charge in [0.25, 0.3) is 0 Å². The number of pyridine rings is 1. The van der Waals surface area contributed by atoms with E-state index in [2.05, 4.69) is 189 Å². The average Bonchev–Trinajstić information content (AvgIpc) is 3.87. The summed E-state index contributed by atoms with van der Waals surface area (Å²) in [4.78, 5) is 14.2. The molecule has 10 rings (SSSR count). The molecule has 0 fully saturated rings. The van der Waals surface area contributed by atoms with E-state index in [4.69, 9.17) is 9.97 Å². The molecule has 0 aliphatic heterocycles. The third kappa shape index (κ3) is 5.29. The quantitative estimate of drug-likeness (QED) is 0.197. The Bertz CT molecular complexity index is 3070. The molecule has 0 spiro atoms. The molecule has 5 heteroatoms. The van der Waals surface area contributed by atoms with Gasteiger partial charge in [-0.3, -0.25) is 9.13 Å². The van der Waals surface area contributed by atoms with Crippen molar-refractivity contribution in [1.29, 1.82) is 0 Å². The summed E-state index contributed by atoms with van der Waals surface area (Å²) in [5.41, 5.74) is 13.4. The molecule has 0 atom stereocenters. The van der Waals surface area contributed by atoms with Crippen LogP contribution < -0.4 is 0 Å². The maximum absolute atomic E-state index is 5.67. The summed E-state index contributed by atoms with van der Waals surface area (Å²) < 4.78 is 4.67. The summed E-state index contributed by atoms with van der Waals surface area (Å²) in [6.45, 7) is 13.8. The normalized spacial score (nSPS) is 12.5. The van der Waals surface area contributed by atoms with E-state index >= 15 is 0 Å². The topological polar surface area (TPSA) is 51.4 Å². The van der Waals surface area contributed by atoms with Crippen molar-refractivity contribution in [2.75, 3.05) is 0 Å². The van der Waals surface area contributed by atoms with Crippen molar-refractivity contribution in [1.82, 2.24) is 24.1 Å². The zero-order valence-corrected chi connectivity index (χ0v) is 32.1. The van der Waals surface area contributed by atoms with Gasteiger partial charge >= 0.3 is 0 Å². The van der Waals surface area contributed by atoms with Crippen LogP contribution in [0.2, 0.25) is 0 Å². The first-order valence-electron chi connectivity index (χ1n) is 19.2. The summed E-state index contributed by atoms with van der Waals surface area (Å²) in [6.07, 6.45) is 1.86. The summed E-state index contributed by atoms with van der Waals surface area (Å²) in [5, 5.41) is 4.81. The van der Waals surface area contributed by atoms with Crippen LogP contribution >= 0.6 is 0 Å².